The molecule has 1 N–H and O–H groups in total. The molecule has 1 heterocycles. The van der Waals surface area contributed by atoms with Gasteiger partial charge in [0.2, 0.25) is 0 Å². The molecule has 4 heteroatoms. The molecule has 1 saturated heterocycles. The van der Waals surface area contributed by atoms with Crippen LogP contribution in [0.25, 0.3) is 0 Å². The maximum Gasteiger partial charge on any atom is 0.0940 e. The molecule has 4 nitrogen and oxygen atoms in total. The van der Waals surface area contributed by atoms with Crippen molar-refractivity contribution in [2.45, 2.75) is 32.1 Å². The number of rotatable bonds is 4. The zero-order chi connectivity index (χ0) is 11.4. The summed E-state index contributed by atoms with van der Waals surface area (Å²) in [5, 5.41) is 10.0. The molecule has 2 unspecified atom stereocenters. The summed E-state index contributed by atoms with van der Waals surface area (Å²) in [6, 6.07) is 0.197. The van der Waals surface area contributed by atoms with E-state index in [1.54, 1.807) is 0 Å². The highest BCUT2D eigenvalue weighted by atomic mass is 16.5. The van der Waals surface area contributed by atoms with Gasteiger partial charge in [0.25, 0.3) is 0 Å². The smallest absolute Gasteiger partial charge is 0.0940 e. The summed E-state index contributed by atoms with van der Waals surface area (Å²) < 4.78 is 5.45. The third-order valence-electron chi connectivity index (χ3n) is 2.94. The van der Waals surface area contributed by atoms with Crippen LogP contribution in [0, 0.1) is 0 Å². The minimum Gasteiger partial charge on any atom is -0.389 e. The number of hydrogen-bond donors (Lipinski definition) is 1. The Morgan fingerprint density at radius 3 is 2.60 bits per heavy atom. The molecular weight excluding hydrogens is 192 g/mol. The Morgan fingerprint density at radius 1 is 1.33 bits per heavy atom. The number of likely N-dealkylation sites (N-methyl/N-ethyl adjacent to an activating group) is 2. The maximum atomic E-state index is 10.0. The van der Waals surface area contributed by atoms with E-state index in [0.717, 1.165) is 19.6 Å². The molecule has 15 heavy (non-hydrogen) atoms. The van der Waals surface area contributed by atoms with Gasteiger partial charge in [0.15, 0.2) is 0 Å². The molecule has 0 aliphatic carbocycles. The molecule has 0 radical (unpaired) electrons. The Bertz CT molecular complexity index is 187. The molecule has 0 bridgehead atoms. The highest BCUT2D eigenvalue weighted by Crippen LogP contribution is 2.10. The highest BCUT2D eigenvalue weighted by Gasteiger charge is 2.28. The van der Waals surface area contributed by atoms with Crippen LogP contribution in [0.15, 0.2) is 0 Å². The largest absolute Gasteiger partial charge is 0.389 e. The Kier molecular flexibility index (Phi) is 4.99. The fourth-order valence-corrected chi connectivity index (χ4v) is 1.86. The van der Waals surface area contributed by atoms with Crippen LogP contribution in [-0.4, -0.2) is 73.5 Å². The van der Waals surface area contributed by atoms with Crippen molar-refractivity contribution in [3.63, 3.8) is 0 Å². The van der Waals surface area contributed by atoms with E-state index < -0.39 is 0 Å². The summed E-state index contributed by atoms with van der Waals surface area (Å²) in [6.45, 7) is 7.41. The first-order chi connectivity index (χ1) is 7.00. The molecule has 90 valence electrons. The Hall–Kier alpha value is -0.160. The summed E-state index contributed by atoms with van der Waals surface area (Å²) >= 11 is 0. The molecular formula is C11H24N2O2. The number of ether oxygens (including phenoxy) is 1. The molecule has 0 aromatic heterocycles. The SMILES string of the molecule is CC(C)OCC(O)C1CN(C)CCN1C. The van der Waals surface area contributed by atoms with Gasteiger partial charge in [-0.25, -0.2) is 0 Å². The first-order valence-corrected chi connectivity index (χ1v) is 5.69. The average molecular weight is 216 g/mol. The molecule has 1 rings (SSSR count). The van der Waals surface area contributed by atoms with Gasteiger partial charge < -0.3 is 14.7 Å². The molecule has 1 fully saturated rings. The predicted molar refractivity (Wildman–Crippen MR) is 61.0 cm³/mol. The van der Waals surface area contributed by atoms with Gasteiger partial charge in [0.05, 0.1) is 24.9 Å². The van der Waals surface area contributed by atoms with Crippen LogP contribution in [-0.2, 0) is 4.74 Å². The molecule has 0 aromatic rings. The van der Waals surface area contributed by atoms with Crippen molar-refractivity contribution in [2.75, 3.05) is 40.3 Å². The first-order valence-electron chi connectivity index (χ1n) is 5.69. The van der Waals surface area contributed by atoms with Gasteiger partial charge in [0, 0.05) is 19.6 Å². The molecule has 2 atom stereocenters. The van der Waals surface area contributed by atoms with Crippen molar-refractivity contribution >= 4 is 0 Å². The van der Waals surface area contributed by atoms with Crippen LogP contribution in [0.5, 0.6) is 0 Å². The van der Waals surface area contributed by atoms with Crippen molar-refractivity contribution in [2.24, 2.45) is 0 Å². The quantitative estimate of drug-likeness (QED) is 0.718. The lowest BCUT2D eigenvalue weighted by atomic mass is 10.1. The van der Waals surface area contributed by atoms with Gasteiger partial charge in [-0.15, -0.1) is 0 Å². The first kappa shape index (κ1) is 12.9. The van der Waals surface area contributed by atoms with E-state index in [9.17, 15) is 5.11 Å². The van der Waals surface area contributed by atoms with Gasteiger partial charge in [-0.3, -0.25) is 4.90 Å². The summed E-state index contributed by atoms with van der Waals surface area (Å²) in [7, 11) is 4.16. The van der Waals surface area contributed by atoms with Gasteiger partial charge in [-0.05, 0) is 27.9 Å². The summed E-state index contributed by atoms with van der Waals surface area (Å²) in [5.74, 6) is 0. The summed E-state index contributed by atoms with van der Waals surface area (Å²) in [6.07, 6.45) is -0.202. The topological polar surface area (TPSA) is 35.9 Å². The van der Waals surface area contributed by atoms with Crippen molar-refractivity contribution in [1.82, 2.24) is 9.80 Å². The van der Waals surface area contributed by atoms with Gasteiger partial charge in [-0.2, -0.15) is 0 Å². The van der Waals surface area contributed by atoms with Crippen molar-refractivity contribution in [1.29, 1.82) is 0 Å². The normalized spacial score (nSPS) is 27.2. The van der Waals surface area contributed by atoms with Gasteiger partial charge >= 0.3 is 0 Å². The van der Waals surface area contributed by atoms with Gasteiger partial charge in [-0.1, -0.05) is 0 Å². The van der Waals surface area contributed by atoms with E-state index in [0.29, 0.717) is 6.61 Å². The Labute approximate surface area is 92.8 Å². The fourth-order valence-electron chi connectivity index (χ4n) is 1.86. The average Bonchev–Trinajstić information content (AvgIpc) is 2.18. The number of nitrogens with zero attached hydrogens (tertiary/aromatic N) is 2. The number of aliphatic hydroxyl groups is 1. The third-order valence-corrected chi connectivity index (χ3v) is 2.94. The highest BCUT2D eigenvalue weighted by molar-refractivity contribution is 4.84. The van der Waals surface area contributed by atoms with E-state index in [1.165, 1.54) is 0 Å². The van der Waals surface area contributed by atoms with Crippen LogP contribution in [0.1, 0.15) is 13.8 Å². The molecule has 1 aliphatic rings. The zero-order valence-corrected chi connectivity index (χ0v) is 10.3. The monoisotopic (exact) mass is 216 g/mol. The van der Waals surface area contributed by atoms with Crippen LogP contribution >= 0.6 is 0 Å². The minimum absolute atomic E-state index is 0.186. The second kappa shape index (κ2) is 5.80. The lowest BCUT2D eigenvalue weighted by Gasteiger charge is -2.40. The Morgan fingerprint density at radius 2 is 2.00 bits per heavy atom. The second-order valence-corrected chi connectivity index (χ2v) is 4.76. The van der Waals surface area contributed by atoms with E-state index in [1.807, 2.05) is 13.8 Å². The van der Waals surface area contributed by atoms with Crippen LogP contribution < -0.4 is 0 Å². The second-order valence-electron chi connectivity index (χ2n) is 4.76. The molecule has 0 saturated carbocycles. The third kappa shape index (κ3) is 4.07. The predicted octanol–water partition coefficient (Wildman–Crippen LogP) is 0.0181. The zero-order valence-electron chi connectivity index (χ0n) is 10.3. The number of aliphatic hydroxyl groups excluding tert-OH is 1. The van der Waals surface area contributed by atoms with Crippen molar-refractivity contribution in [3.05, 3.63) is 0 Å². The van der Waals surface area contributed by atoms with Gasteiger partial charge in [0.1, 0.15) is 0 Å². The number of piperazine rings is 1. The summed E-state index contributed by atoms with van der Waals surface area (Å²) in [4.78, 5) is 4.47. The Balaban J connectivity index is 2.38. The summed E-state index contributed by atoms with van der Waals surface area (Å²) in [5.41, 5.74) is 0. The van der Waals surface area contributed by atoms with Crippen molar-refractivity contribution < 1.29 is 9.84 Å². The minimum atomic E-state index is -0.389. The van der Waals surface area contributed by atoms with E-state index in [-0.39, 0.29) is 18.2 Å². The fraction of sp³-hybridized carbons (Fsp3) is 1.00. The van der Waals surface area contributed by atoms with Crippen LogP contribution in [0.4, 0.5) is 0 Å². The molecule has 0 amide bonds. The molecule has 0 aromatic carbocycles. The maximum absolute atomic E-state index is 10.0. The lowest BCUT2D eigenvalue weighted by Crippen LogP contribution is -2.56. The van der Waals surface area contributed by atoms with Crippen LogP contribution in [0.3, 0.4) is 0 Å². The van der Waals surface area contributed by atoms with Crippen molar-refractivity contribution in [3.8, 4) is 0 Å². The molecule has 0 spiro atoms. The lowest BCUT2D eigenvalue weighted by molar-refractivity contribution is -0.0490. The van der Waals surface area contributed by atoms with E-state index >= 15 is 0 Å². The van der Waals surface area contributed by atoms with E-state index in [4.69, 9.17) is 4.74 Å². The molecule has 1 aliphatic heterocycles. The standard InChI is InChI=1S/C11H24N2O2/c1-9(2)15-8-11(14)10-7-12(3)5-6-13(10)4/h9-11,14H,5-8H2,1-4H3. The van der Waals surface area contributed by atoms with Crippen LogP contribution in [0.2, 0.25) is 0 Å². The van der Waals surface area contributed by atoms with E-state index in [2.05, 4.69) is 23.9 Å². The number of hydrogen-bond acceptors (Lipinski definition) is 4.